The van der Waals surface area contributed by atoms with Crippen LogP contribution in [0.1, 0.15) is 15.9 Å². The fourth-order valence-corrected chi connectivity index (χ4v) is 2.13. The molecule has 0 unspecified atom stereocenters. The molecule has 1 aromatic carbocycles. The largest absolute Gasteiger partial charge is 0.399 e. The molecule has 1 aliphatic rings. The van der Waals surface area contributed by atoms with Crippen molar-refractivity contribution in [3.8, 4) is 0 Å². The fraction of sp³-hybridized carbons (Fsp3) is 0.462. The van der Waals surface area contributed by atoms with E-state index in [1.54, 1.807) is 6.07 Å². The van der Waals surface area contributed by atoms with E-state index >= 15 is 0 Å². The number of nitrogen functional groups attached to an aromatic ring is 1. The van der Waals surface area contributed by atoms with Crippen LogP contribution < -0.4 is 5.73 Å². The molecule has 0 spiro atoms. The lowest BCUT2D eigenvalue weighted by Crippen LogP contribution is -2.47. The van der Waals surface area contributed by atoms with Crippen LogP contribution in [0.25, 0.3) is 0 Å². The zero-order valence-corrected chi connectivity index (χ0v) is 10.4. The Hall–Kier alpha value is -1.55. The molecule has 17 heavy (non-hydrogen) atoms. The maximum Gasteiger partial charge on any atom is 0.254 e. The van der Waals surface area contributed by atoms with Crippen LogP contribution in [0, 0.1) is 6.92 Å². The molecular formula is C13H19N3O. The second-order valence-electron chi connectivity index (χ2n) is 4.73. The number of nitrogens with zero attached hydrogens (tertiary/aromatic N) is 2. The SMILES string of the molecule is Cc1cc(N)cc(C(=O)N2CCN(C)CC2)c1. The number of nitrogens with two attached hydrogens (primary N) is 1. The third kappa shape index (κ3) is 2.77. The Morgan fingerprint density at radius 3 is 2.41 bits per heavy atom. The Kier molecular flexibility index (Phi) is 3.33. The molecule has 92 valence electrons. The van der Waals surface area contributed by atoms with E-state index in [9.17, 15) is 4.79 Å². The Balaban J connectivity index is 2.14. The van der Waals surface area contributed by atoms with Gasteiger partial charge < -0.3 is 15.5 Å². The number of aryl methyl sites for hydroxylation is 1. The first kappa shape index (κ1) is 11.9. The Labute approximate surface area is 102 Å². The van der Waals surface area contributed by atoms with Gasteiger partial charge in [-0.2, -0.15) is 0 Å². The fourth-order valence-electron chi connectivity index (χ4n) is 2.13. The second kappa shape index (κ2) is 4.75. The smallest absolute Gasteiger partial charge is 0.254 e. The topological polar surface area (TPSA) is 49.6 Å². The predicted molar refractivity (Wildman–Crippen MR) is 69.0 cm³/mol. The van der Waals surface area contributed by atoms with Gasteiger partial charge in [-0.15, -0.1) is 0 Å². The maximum absolute atomic E-state index is 12.3. The van der Waals surface area contributed by atoms with E-state index in [1.165, 1.54) is 0 Å². The highest BCUT2D eigenvalue weighted by Crippen LogP contribution is 2.14. The normalized spacial score (nSPS) is 17.2. The van der Waals surface area contributed by atoms with Crippen molar-refractivity contribution in [1.29, 1.82) is 0 Å². The zero-order valence-electron chi connectivity index (χ0n) is 10.4. The van der Waals surface area contributed by atoms with E-state index in [1.807, 2.05) is 24.0 Å². The Morgan fingerprint density at radius 2 is 1.82 bits per heavy atom. The van der Waals surface area contributed by atoms with Gasteiger partial charge >= 0.3 is 0 Å². The van der Waals surface area contributed by atoms with Gasteiger partial charge in [0.2, 0.25) is 0 Å². The molecule has 1 heterocycles. The van der Waals surface area contributed by atoms with E-state index in [4.69, 9.17) is 5.73 Å². The van der Waals surface area contributed by atoms with E-state index in [2.05, 4.69) is 11.9 Å². The number of hydrogen-bond donors (Lipinski definition) is 1. The van der Waals surface area contributed by atoms with Crippen LogP contribution >= 0.6 is 0 Å². The van der Waals surface area contributed by atoms with Gasteiger partial charge in [0.15, 0.2) is 0 Å². The number of carbonyl (C=O) groups excluding carboxylic acids is 1. The lowest BCUT2D eigenvalue weighted by Gasteiger charge is -2.32. The highest BCUT2D eigenvalue weighted by Gasteiger charge is 2.20. The summed E-state index contributed by atoms with van der Waals surface area (Å²) in [5, 5.41) is 0. The molecule has 1 amide bonds. The summed E-state index contributed by atoms with van der Waals surface area (Å²) in [6.07, 6.45) is 0. The number of amides is 1. The molecule has 2 N–H and O–H groups in total. The monoisotopic (exact) mass is 233 g/mol. The molecule has 0 saturated carbocycles. The molecule has 1 fully saturated rings. The van der Waals surface area contributed by atoms with Gasteiger partial charge in [-0.25, -0.2) is 0 Å². The number of hydrogen-bond acceptors (Lipinski definition) is 3. The minimum absolute atomic E-state index is 0.0912. The van der Waals surface area contributed by atoms with Crippen molar-refractivity contribution in [3.05, 3.63) is 29.3 Å². The van der Waals surface area contributed by atoms with Crippen LogP contribution in [0.15, 0.2) is 18.2 Å². The molecule has 0 radical (unpaired) electrons. The van der Waals surface area contributed by atoms with Gasteiger partial charge in [0.25, 0.3) is 5.91 Å². The molecule has 0 aliphatic carbocycles. The molecule has 1 aromatic rings. The molecule has 0 bridgehead atoms. The Bertz CT molecular complexity index is 402. The molecule has 1 saturated heterocycles. The summed E-state index contributed by atoms with van der Waals surface area (Å²) in [4.78, 5) is 16.4. The quantitative estimate of drug-likeness (QED) is 0.735. The molecule has 4 nitrogen and oxygen atoms in total. The minimum Gasteiger partial charge on any atom is -0.399 e. The van der Waals surface area contributed by atoms with Crippen molar-refractivity contribution in [3.63, 3.8) is 0 Å². The van der Waals surface area contributed by atoms with E-state index in [-0.39, 0.29) is 5.91 Å². The number of likely N-dealkylation sites (N-methyl/N-ethyl adjacent to an activating group) is 1. The molecule has 1 aliphatic heterocycles. The lowest BCUT2D eigenvalue weighted by molar-refractivity contribution is 0.0664. The summed E-state index contributed by atoms with van der Waals surface area (Å²) < 4.78 is 0. The van der Waals surface area contributed by atoms with Crippen LogP contribution in [-0.2, 0) is 0 Å². The maximum atomic E-state index is 12.3. The third-order valence-corrected chi connectivity index (χ3v) is 3.14. The predicted octanol–water partition coefficient (Wildman–Crippen LogP) is 0.965. The summed E-state index contributed by atoms with van der Waals surface area (Å²) >= 11 is 0. The number of benzene rings is 1. The van der Waals surface area contributed by atoms with Gasteiger partial charge in [-0.3, -0.25) is 4.79 Å². The van der Waals surface area contributed by atoms with Crippen molar-refractivity contribution in [2.45, 2.75) is 6.92 Å². The second-order valence-corrected chi connectivity index (χ2v) is 4.73. The van der Waals surface area contributed by atoms with E-state index < -0.39 is 0 Å². The van der Waals surface area contributed by atoms with Crippen LogP contribution in [-0.4, -0.2) is 48.9 Å². The summed E-state index contributed by atoms with van der Waals surface area (Å²) in [6, 6.07) is 5.53. The van der Waals surface area contributed by atoms with Gasteiger partial charge in [0.1, 0.15) is 0 Å². The molecular weight excluding hydrogens is 214 g/mol. The van der Waals surface area contributed by atoms with Gasteiger partial charge in [-0.1, -0.05) is 0 Å². The molecule has 2 rings (SSSR count). The lowest BCUT2D eigenvalue weighted by atomic mass is 10.1. The number of piperazine rings is 1. The van der Waals surface area contributed by atoms with E-state index in [0.717, 1.165) is 31.7 Å². The summed E-state index contributed by atoms with van der Waals surface area (Å²) in [6.45, 7) is 5.42. The highest BCUT2D eigenvalue weighted by atomic mass is 16.2. The minimum atomic E-state index is 0.0912. The van der Waals surface area contributed by atoms with Crippen molar-refractivity contribution in [1.82, 2.24) is 9.80 Å². The van der Waals surface area contributed by atoms with Crippen LogP contribution in [0.4, 0.5) is 5.69 Å². The summed E-state index contributed by atoms with van der Waals surface area (Å²) in [5.74, 6) is 0.0912. The first-order valence-corrected chi connectivity index (χ1v) is 5.91. The Morgan fingerprint density at radius 1 is 1.18 bits per heavy atom. The van der Waals surface area contributed by atoms with Gasteiger partial charge in [0, 0.05) is 37.4 Å². The van der Waals surface area contributed by atoms with Crippen molar-refractivity contribution < 1.29 is 4.79 Å². The molecule has 4 heteroatoms. The summed E-state index contributed by atoms with van der Waals surface area (Å²) in [5.41, 5.74) is 8.16. The summed E-state index contributed by atoms with van der Waals surface area (Å²) in [7, 11) is 2.08. The average molecular weight is 233 g/mol. The number of carbonyl (C=O) groups is 1. The zero-order chi connectivity index (χ0) is 12.4. The number of anilines is 1. The van der Waals surface area contributed by atoms with Gasteiger partial charge in [-0.05, 0) is 37.7 Å². The third-order valence-electron chi connectivity index (χ3n) is 3.14. The first-order chi connectivity index (χ1) is 8.06. The average Bonchev–Trinajstić information content (AvgIpc) is 2.28. The van der Waals surface area contributed by atoms with Crippen LogP contribution in [0.2, 0.25) is 0 Å². The first-order valence-electron chi connectivity index (χ1n) is 5.91. The van der Waals surface area contributed by atoms with E-state index in [0.29, 0.717) is 11.3 Å². The van der Waals surface area contributed by atoms with Crippen LogP contribution in [0.3, 0.4) is 0 Å². The van der Waals surface area contributed by atoms with Crippen molar-refractivity contribution in [2.24, 2.45) is 0 Å². The van der Waals surface area contributed by atoms with Crippen molar-refractivity contribution in [2.75, 3.05) is 39.0 Å². The number of rotatable bonds is 1. The van der Waals surface area contributed by atoms with Crippen LogP contribution in [0.5, 0.6) is 0 Å². The molecule has 0 aromatic heterocycles. The van der Waals surface area contributed by atoms with Crippen molar-refractivity contribution >= 4 is 11.6 Å². The highest BCUT2D eigenvalue weighted by molar-refractivity contribution is 5.95. The van der Waals surface area contributed by atoms with Gasteiger partial charge in [0.05, 0.1) is 0 Å². The molecule has 0 atom stereocenters. The standard InChI is InChI=1S/C13H19N3O/c1-10-7-11(9-12(14)8-10)13(17)16-5-3-15(2)4-6-16/h7-9H,3-6,14H2,1-2H3.